The summed E-state index contributed by atoms with van der Waals surface area (Å²) in [6.07, 6.45) is 4.26. The van der Waals surface area contributed by atoms with Crippen LogP contribution in [0.2, 0.25) is 0 Å². The van der Waals surface area contributed by atoms with Gasteiger partial charge in [-0.15, -0.1) is 0 Å². The molecule has 0 radical (unpaired) electrons. The third-order valence-corrected chi connectivity index (χ3v) is 4.62. The summed E-state index contributed by atoms with van der Waals surface area (Å²) in [5.74, 6) is 0.709. The molecule has 120 valence electrons. The van der Waals surface area contributed by atoms with Crippen LogP contribution in [0, 0.1) is 5.92 Å². The van der Waals surface area contributed by atoms with Gasteiger partial charge in [0.05, 0.1) is 12.2 Å². The quantitative estimate of drug-likeness (QED) is 0.782. The van der Waals surface area contributed by atoms with Crippen LogP contribution in [0.25, 0.3) is 0 Å². The van der Waals surface area contributed by atoms with Crippen LogP contribution >= 0.6 is 0 Å². The van der Waals surface area contributed by atoms with E-state index in [1.807, 2.05) is 25.7 Å². The standard InChI is InChI=1S/C16H28N2O3/c1-16(2,3)21-15(19)18-6-4-12(5-7-18)9-17-10-13-8-14(11-17)20-13/h12-14H,4-11H2,1-3H3. The number of carbonyl (C=O) groups excluding carboxylic acids is 1. The van der Waals surface area contributed by atoms with Gasteiger partial charge in [0, 0.05) is 39.1 Å². The van der Waals surface area contributed by atoms with E-state index in [-0.39, 0.29) is 6.09 Å². The lowest BCUT2D eigenvalue weighted by Gasteiger charge is -2.48. The lowest BCUT2D eigenvalue weighted by Crippen LogP contribution is -2.58. The van der Waals surface area contributed by atoms with Crippen molar-refractivity contribution < 1.29 is 14.3 Å². The Hall–Kier alpha value is -0.810. The van der Waals surface area contributed by atoms with Gasteiger partial charge >= 0.3 is 6.09 Å². The molecule has 4 aliphatic heterocycles. The average Bonchev–Trinajstić information content (AvgIpc) is 2.36. The molecule has 4 aliphatic rings. The first-order valence-electron chi connectivity index (χ1n) is 8.25. The minimum absolute atomic E-state index is 0.159. The van der Waals surface area contributed by atoms with Crippen LogP contribution in [0.5, 0.6) is 0 Å². The normalized spacial score (nSPS) is 30.9. The Morgan fingerprint density at radius 2 is 1.76 bits per heavy atom. The molecule has 4 fully saturated rings. The van der Waals surface area contributed by atoms with E-state index in [0.717, 1.165) is 39.0 Å². The first-order valence-corrected chi connectivity index (χ1v) is 8.25. The fourth-order valence-electron chi connectivity index (χ4n) is 3.58. The summed E-state index contributed by atoms with van der Waals surface area (Å²) in [6, 6.07) is 0. The molecule has 5 heteroatoms. The van der Waals surface area contributed by atoms with Gasteiger partial charge in [-0.2, -0.15) is 0 Å². The zero-order valence-electron chi connectivity index (χ0n) is 13.5. The van der Waals surface area contributed by atoms with Gasteiger partial charge in [-0.25, -0.2) is 4.79 Å². The number of piperidine rings is 2. The lowest BCUT2D eigenvalue weighted by molar-refractivity contribution is -0.182. The summed E-state index contributed by atoms with van der Waals surface area (Å²) in [7, 11) is 0. The van der Waals surface area contributed by atoms with Crippen molar-refractivity contribution in [3.63, 3.8) is 0 Å². The minimum atomic E-state index is -0.400. The zero-order chi connectivity index (χ0) is 15.0. The van der Waals surface area contributed by atoms with Crippen LogP contribution in [0.1, 0.15) is 40.0 Å². The maximum absolute atomic E-state index is 12.0. The molecule has 0 N–H and O–H groups in total. The third kappa shape index (κ3) is 3.89. The van der Waals surface area contributed by atoms with Crippen molar-refractivity contribution in [3.8, 4) is 0 Å². The molecular formula is C16H28N2O3. The maximum Gasteiger partial charge on any atom is 0.410 e. The van der Waals surface area contributed by atoms with Gasteiger partial charge in [0.25, 0.3) is 0 Å². The van der Waals surface area contributed by atoms with Gasteiger partial charge in [0.15, 0.2) is 0 Å². The molecule has 21 heavy (non-hydrogen) atoms. The molecule has 1 amide bonds. The van der Waals surface area contributed by atoms with Crippen LogP contribution in [0.4, 0.5) is 4.79 Å². The van der Waals surface area contributed by atoms with Gasteiger partial charge in [-0.05, 0) is 39.5 Å². The maximum atomic E-state index is 12.0. The number of amides is 1. The van der Waals surface area contributed by atoms with Crippen molar-refractivity contribution >= 4 is 6.09 Å². The molecule has 0 aromatic rings. The molecule has 2 bridgehead atoms. The zero-order valence-corrected chi connectivity index (χ0v) is 13.5. The number of rotatable bonds is 2. The van der Waals surface area contributed by atoms with Crippen LogP contribution < -0.4 is 0 Å². The summed E-state index contributed by atoms with van der Waals surface area (Å²) in [5, 5.41) is 0. The second-order valence-corrected chi connectivity index (χ2v) is 7.75. The van der Waals surface area contributed by atoms with Gasteiger partial charge in [-0.3, -0.25) is 4.90 Å². The smallest absolute Gasteiger partial charge is 0.410 e. The number of likely N-dealkylation sites (tertiary alicyclic amines) is 1. The van der Waals surface area contributed by atoms with E-state index in [9.17, 15) is 4.79 Å². The summed E-state index contributed by atoms with van der Waals surface area (Å²) in [4.78, 5) is 16.4. The van der Waals surface area contributed by atoms with Crippen molar-refractivity contribution in [1.82, 2.24) is 9.80 Å². The fourth-order valence-corrected chi connectivity index (χ4v) is 3.58. The topological polar surface area (TPSA) is 42.0 Å². The Morgan fingerprint density at radius 3 is 2.29 bits per heavy atom. The number of fused-ring (bicyclic) bond motifs is 2. The van der Waals surface area contributed by atoms with Gasteiger partial charge in [0.1, 0.15) is 5.60 Å². The predicted molar refractivity (Wildman–Crippen MR) is 80.2 cm³/mol. The van der Waals surface area contributed by atoms with Crippen LogP contribution in [-0.4, -0.2) is 66.4 Å². The molecule has 0 aliphatic carbocycles. The first kappa shape index (κ1) is 15.1. The molecule has 4 heterocycles. The molecular weight excluding hydrogens is 268 g/mol. The van der Waals surface area contributed by atoms with Crippen molar-refractivity contribution in [3.05, 3.63) is 0 Å². The second kappa shape index (κ2) is 5.76. The molecule has 2 atom stereocenters. The summed E-state index contributed by atoms with van der Waals surface area (Å²) in [5.41, 5.74) is -0.400. The minimum Gasteiger partial charge on any atom is -0.444 e. The molecule has 5 nitrogen and oxygen atoms in total. The Morgan fingerprint density at radius 1 is 1.19 bits per heavy atom. The molecule has 4 saturated heterocycles. The first-order chi connectivity index (χ1) is 9.89. The highest BCUT2D eigenvalue weighted by Crippen LogP contribution is 2.29. The highest BCUT2D eigenvalue weighted by atomic mass is 16.6. The fraction of sp³-hybridized carbons (Fsp3) is 0.938. The molecule has 0 aromatic carbocycles. The molecule has 2 unspecified atom stereocenters. The predicted octanol–water partition coefficient (Wildman–Crippen LogP) is 2.11. The van der Waals surface area contributed by atoms with E-state index < -0.39 is 5.60 Å². The van der Waals surface area contributed by atoms with Gasteiger partial charge in [0.2, 0.25) is 0 Å². The highest BCUT2D eigenvalue weighted by Gasteiger charge is 2.39. The SMILES string of the molecule is CC(C)(C)OC(=O)N1CCC(CN2CC3CC(C2)O3)CC1. The van der Waals surface area contributed by atoms with E-state index in [1.165, 1.54) is 13.0 Å². The van der Waals surface area contributed by atoms with Crippen molar-refractivity contribution in [2.75, 3.05) is 32.7 Å². The Kier molecular flexibility index (Phi) is 4.14. The van der Waals surface area contributed by atoms with Crippen LogP contribution in [-0.2, 0) is 9.47 Å². The van der Waals surface area contributed by atoms with Crippen LogP contribution in [0.3, 0.4) is 0 Å². The third-order valence-electron chi connectivity index (χ3n) is 4.62. The number of carbonyl (C=O) groups is 1. The second-order valence-electron chi connectivity index (χ2n) is 7.75. The molecule has 0 aromatic heterocycles. The van der Waals surface area contributed by atoms with Crippen molar-refractivity contribution in [1.29, 1.82) is 0 Å². The summed E-state index contributed by atoms with van der Waals surface area (Å²) in [6.45, 7) is 10.8. The van der Waals surface area contributed by atoms with Gasteiger partial charge < -0.3 is 14.4 Å². The van der Waals surface area contributed by atoms with E-state index in [4.69, 9.17) is 9.47 Å². The average molecular weight is 296 g/mol. The van der Waals surface area contributed by atoms with E-state index in [0.29, 0.717) is 18.1 Å². The summed E-state index contributed by atoms with van der Waals surface area (Å²) < 4.78 is 11.1. The van der Waals surface area contributed by atoms with E-state index in [2.05, 4.69) is 4.90 Å². The molecule has 4 rings (SSSR count). The number of ether oxygens (including phenoxy) is 2. The van der Waals surface area contributed by atoms with Gasteiger partial charge in [-0.1, -0.05) is 0 Å². The number of hydrogen-bond donors (Lipinski definition) is 0. The monoisotopic (exact) mass is 296 g/mol. The Labute approximate surface area is 127 Å². The lowest BCUT2D eigenvalue weighted by atomic mass is 9.93. The number of hydrogen-bond acceptors (Lipinski definition) is 4. The largest absolute Gasteiger partial charge is 0.444 e. The highest BCUT2D eigenvalue weighted by molar-refractivity contribution is 5.68. The van der Waals surface area contributed by atoms with Crippen LogP contribution in [0.15, 0.2) is 0 Å². The van der Waals surface area contributed by atoms with Crippen molar-refractivity contribution in [2.24, 2.45) is 5.92 Å². The molecule has 0 saturated carbocycles. The number of morpholine rings is 1. The molecule has 0 spiro atoms. The number of nitrogens with zero attached hydrogens (tertiary/aromatic N) is 2. The Bertz CT molecular complexity index is 369. The summed E-state index contributed by atoms with van der Waals surface area (Å²) >= 11 is 0. The van der Waals surface area contributed by atoms with E-state index in [1.54, 1.807) is 0 Å². The Balaban J connectivity index is 1.39. The van der Waals surface area contributed by atoms with Crippen molar-refractivity contribution in [2.45, 2.75) is 57.8 Å². The van der Waals surface area contributed by atoms with E-state index >= 15 is 0 Å².